The van der Waals surface area contributed by atoms with Gasteiger partial charge in [-0.15, -0.1) is 0 Å². The van der Waals surface area contributed by atoms with Crippen molar-refractivity contribution in [2.45, 2.75) is 59.2 Å². The summed E-state index contributed by atoms with van der Waals surface area (Å²) < 4.78 is 5.77. The first-order valence-corrected chi connectivity index (χ1v) is 6.27. The number of nitrogens with zero attached hydrogens (tertiary/aromatic N) is 1. The number of hydrogen-bond donors (Lipinski definition) is 1. The van der Waals surface area contributed by atoms with E-state index in [2.05, 4.69) is 44.9 Å². The predicted octanol–water partition coefficient (Wildman–Crippen LogP) is 3.15. The average molecular weight is 236 g/mol. The topological polar surface area (TPSA) is 34.1 Å². The summed E-state index contributed by atoms with van der Waals surface area (Å²) in [6.45, 7) is 11.4. The maximum absolute atomic E-state index is 5.77. The van der Waals surface area contributed by atoms with E-state index < -0.39 is 0 Å². The smallest absolute Gasteiger partial charge is 0.123 e. The minimum absolute atomic E-state index is 0.106. The lowest BCUT2D eigenvalue weighted by Crippen LogP contribution is -2.35. The van der Waals surface area contributed by atoms with E-state index in [9.17, 15) is 0 Å². The molecule has 96 valence electrons. The molecule has 17 heavy (non-hydrogen) atoms. The second-order valence-electron chi connectivity index (χ2n) is 5.42. The fourth-order valence-corrected chi connectivity index (χ4v) is 1.30. The number of nitrogens with one attached hydrogen (secondary N) is 1. The van der Waals surface area contributed by atoms with Crippen molar-refractivity contribution >= 4 is 0 Å². The molecule has 3 heteroatoms. The van der Waals surface area contributed by atoms with Gasteiger partial charge in [-0.1, -0.05) is 6.92 Å². The number of ether oxygens (including phenoxy) is 1. The Bertz CT molecular complexity index is 344. The third-order valence-electron chi connectivity index (χ3n) is 2.50. The van der Waals surface area contributed by atoms with Gasteiger partial charge in [0.15, 0.2) is 0 Å². The quantitative estimate of drug-likeness (QED) is 0.852. The lowest BCUT2D eigenvalue weighted by atomic mass is 10.1. The minimum atomic E-state index is 0.106. The van der Waals surface area contributed by atoms with Gasteiger partial charge >= 0.3 is 0 Å². The van der Waals surface area contributed by atoms with E-state index in [1.807, 2.05) is 12.1 Å². The van der Waals surface area contributed by atoms with E-state index >= 15 is 0 Å². The van der Waals surface area contributed by atoms with Crippen LogP contribution >= 0.6 is 0 Å². The molecule has 0 spiro atoms. The fraction of sp³-hybridized carbons (Fsp3) is 0.643. The first kappa shape index (κ1) is 14.0. The van der Waals surface area contributed by atoms with Crippen LogP contribution in [0.15, 0.2) is 18.3 Å². The van der Waals surface area contributed by atoms with Gasteiger partial charge < -0.3 is 10.1 Å². The number of aromatic nitrogens is 1. The van der Waals surface area contributed by atoms with E-state index in [1.54, 1.807) is 6.20 Å². The summed E-state index contributed by atoms with van der Waals surface area (Å²) in [5.74, 6) is 0.903. The summed E-state index contributed by atoms with van der Waals surface area (Å²) in [6.07, 6.45) is 3.07. The number of hydrogen-bond acceptors (Lipinski definition) is 3. The first-order valence-electron chi connectivity index (χ1n) is 6.27. The molecule has 0 aliphatic heterocycles. The highest BCUT2D eigenvalue weighted by Gasteiger charge is 2.09. The molecule has 1 aromatic heterocycles. The third-order valence-corrected chi connectivity index (χ3v) is 2.50. The summed E-state index contributed by atoms with van der Waals surface area (Å²) in [4.78, 5) is 4.33. The van der Waals surface area contributed by atoms with Crippen molar-refractivity contribution in [3.05, 3.63) is 24.0 Å². The maximum atomic E-state index is 5.77. The second-order valence-corrected chi connectivity index (χ2v) is 5.42. The lowest BCUT2D eigenvalue weighted by molar-refractivity contribution is 0.217. The van der Waals surface area contributed by atoms with Gasteiger partial charge in [0.05, 0.1) is 11.8 Å². The van der Waals surface area contributed by atoms with Crippen LogP contribution in [-0.4, -0.2) is 16.6 Å². The molecule has 1 rings (SSSR count). The van der Waals surface area contributed by atoms with Crippen LogP contribution in [-0.2, 0) is 6.54 Å². The van der Waals surface area contributed by atoms with Crippen LogP contribution in [0.5, 0.6) is 5.75 Å². The van der Waals surface area contributed by atoms with Crippen molar-refractivity contribution in [3.8, 4) is 5.75 Å². The Morgan fingerprint density at radius 1 is 1.41 bits per heavy atom. The molecule has 0 fully saturated rings. The summed E-state index contributed by atoms with van der Waals surface area (Å²) in [6, 6.07) is 3.91. The zero-order valence-corrected chi connectivity index (χ0v) is 11.6. The SMILES string of the molecule is CCC(C)Oc1ccnc(CNC(C)(C)C)c1. The van der Waals surface area contributed by atoms with Crippen molar-refractivity contribution in [2.75, 3.05) is 0 Å². The molecule has 0 saturated carbocycles. The maximum Gasteiger partial charge on any atom is 0.123 e. The molecule has 1 unspecified atom stereocenters. The van der Waals surface area contributed by atoms with Gasteiger partial charge in [0.2, 0.25) is 0 Å². The first-order chi connectivity index (χ1) is 7.90. The molecule has 0 saturated heterocycles. The Morgan fingerprint density at radius 2 is 2.12 bits per heavy atom. The third kappa shape index (κ3) is 5.68. The standard InChI is InChI=1S/C14H24N2O/c1-6-11(2)17-13-7-8-15-12(9-13)10-16-14(3,4)5/h7-9,11,16H,6,10H2,1-5H3. The van der Waals surface area contributed by atoms with Gasteiger partial charge in [-0.25, -0.2) is 0 Å². The fourth-order valence-electron chi connectivity index (χ4n) is 1.30. The Labute approximate surface area is 105 Å². The molecular formula is C14H24N2O. The van der Waals surface area contributed by atoms with Gasteiger partial charge in [0.25, 0.3) is 0 Å². The van der Waals surface area contributed by atoms with Crippen molar-refractivity contribution in [1.29, 1.82) is 0 Å². The molecule has 0 aromatic carbocycles. The summed E-state index contributed by atoms with van der Waals surface area (Å²) >= 11 is 0. The van der Waals surface area contributed by atoms with Gasteiger partial charge in [0, 0.05) is 24.3 Å². The van der Waals surface area contributed by atoms with Crippen LogP contribution in [0.3, 0.4) is 0 Å². The molecule has 1 N–H and O–H groups in total. The normalized spacial score (nSPS) is 13.5. The van der Waals surface area contributed by atoms with Crippen LogP contribution in [0.25, 0.3) is 0 Å². The summed E-state index contributed by atoms with van der Waals surface area (Å²) in [5, 5.41) is 3.41. The summed E-state index contributed by atoms with van der Waals surface area (Å²) in [7, 11) is 0. The van der Waals surface area contributed by atoms with Crippen LogP contribution < -0.4 is 10.1 Å². The second kappa shape index (κ2) is 6.01. The number of pyridine rings is 1. The Kier molecular flexibility index (Phi) is 4.94. The zero-order chi connectivity index (χ0) is 12.9. The highest BCUT2D eigenvalue weighted by Crippen LogP contribution is 2.14. The van der Waals surface area contributed by atoms with E-state index in [1.165, 1.54) is 0 Å². The summed E-state index contributed by atoms with van der Waals surface area (Å²) in [5.41, 5.74) is 1.12. The largest absolute Gasteiger partial charge is 0.491 e. The van der Waals surface area contributed by atoms with E-state index in [0.29, 0.717) is 0 Å². The van der Waals surface area contributed by atoms with Crippen LogP contribution in [0, 0.1) is 0 Å². The molecule has 3 nitrogen and oxygen atoms in total. The van der Waals surface area contributed by atoms with Crippen molar-refractivity contribution < 1.29 is 4.74 Å². The van der Waals surface area contributed by atoms with Crippen LogP contribution in [0.2, 0.25) is 0 Å². The molecule has 0 radical (unpaired) electrons. The number of rotatable bonds is 5. The highest BCUT2D eigenvalue weighted by atomic mass is 16.5. The molecule has 0 aliphatic carbocycles. The molecule has 0 aliphatic rings. The predicted molar refractivity (Wildman–Crippen MR) is 71.2 cm³/mol. The molecule has 0 amide bonds. The molecular weight excluding hydrogens is 212 g/mol. The highest BCUT2D eigenvalue weighted by molar-refractivity contribution is 5.22. The van der Waals surface area contributed by atoms with Gasteiger partial charge in [-0.05, 0) is 40.2 Å². The lowest BCUT2D eigenvalue weighted by Gasteiger charge is -2.20. The van der Waals surface area contributed by atoms with Gasteiger partial charge in [0.1, 0.15) is 5.75 Å². The van der Waals surface area contributed by atoms with Crippen LogP contribution in [0.4, 0.5) is 0 Å². The molecule has 0 bridgehead atoms. The minimum Gasteiger partial charge on any atom is -0.491 e. The Balaban J connectivity index is 2.60. The van der Waals surface area contributed by atoms with Gasteiger partial charge in [-0.2, -0.15) is 0 Å². The van der Waals surface area contributed by atoms with Gasteiger partial charge in [-0.3, -0.25) is 4.98 Å². The van der Waals surface area contributed by atoms with E-state index in [-0.39, 0.29) is 11.6 Å². The van der Waals surface area contributed by atoms with E-state index in [4.69, 9.17) is 4.74 Å². The Hall–Kier alpha value is -1.09. The Morgan fingerprint density at radius 3 is 2.71 bits per heavy atom. The monoisotopic (exact) mass is 236 g/mol. The zero-order valence-electron chi connectivity index (χ0n) is 11.6. The van der Waals surface area contributed by atoms with Crippen molar-refractivity contribution in [2.24, 2.45) is 0 Å². The van der Waals surface area contributed by atoms with Crippen molar-refractivity contribution in [1.82, 2.24) is 10.3 Å². The van der Waals surface area contributed by atoms with E-state index in [0.717, 1.165) is 24.4 Å². The molecule has 1 atom stereocenters. The molecule has 1 heterocycles. The molecule has 1 aromatic rings. The van der Waals surface area contributed by atoms with Crippen molar-refractivity contribution in [3.63, 3.8) is 0 Å². The average Bonchev–Trinajstić information content (AvgIpc) is 2.26. The van der Waals surface area contributed by atoms with Crippen LogP contribution in [0.1, 0.15) is 46.7 Å².